The first-order valence-corrected chi connectivity index (χ1v) is 6.41. The van der Waals surface area contributed by atoms with Gasteiger partial charge in [-0.3, -0.25) is 14.9 Å². The maximum atomic E-state index is 11.6. The quantitative estimate of drug-likeness (QED) is 0.644. The molecule has 1 fully saturated rings. The Morgan fingerprint density at radius 2 is 2.25 bits per heavy atom. The zero-order valence-corrected chi connectivity index (χ0v) is 11.4. The van der Waals surface area contributed by atoms with Crippen molar-refractivity contribution in [2.45, 2.75) is 25.5 Å². The predicted molar refractivity (Wildman–Crippen MR) is 73.9 cm³/mol. The van der Waals surface area contributed by atoms with Gasteiger partial charge in [0, 0.05) is 25.3 Å². The van der Waals surface area contributed by atoms with Crippen molar-refractivity contribution in [2.75, 3.05) is 19.0 Å². The Bertz CT molecular complexity index is 532. The summed E-state index contributed by atoms with van der Waals surface area (Å²) in [5, 5.41) is 16.7. The SMILES string of the molecule is CNC(=O)c1ccc([N+](=O)[O-])c(NC2CCOC2C)c1. The Balaban J connectivity index is 2.31. The Kier molecular flexibility index (Phi) is 4.19. The highest BCUT2D eigenvalue weighted by atomic mass is 16.6. The van der Waals surface area contributed by atoms with Gasteiger partial charge >= 0.3 is 0 Å². The van der Waals surface area contributed by atoms with Gasteiger partial charge in [-0.15, -0.1) is 0 Å². The molecule has 1 saturated heterocycles. The van der Waals surface area contributed by atoms with Gasteiger partial charge in [0.25, 0.3) is 11.6 Å². The van der Waals surface area contributed by atoms with E-state index >= 15 is 0 Å². The summed E-state index contributed by atoms with van der Waals surface area (Å²) in [6.45, 7) is 2.54. The van der Waals surface area contributed by atoms with Crippen LogP contribution in [0.5, 0.6) is 0 Å². The zero-order chi connectivity index (χ0) is 14.7. The molecule has 108 valence electrons. The molecular weight excluding hydrogens is 262 g/mol. The number of amides is 1. The van der Waals surface area contributed by atoms with Crippen LogP contribution in [-0.4, -0.2) is 36.6 Å². The number of hydrogen-bond acceptors (Lipinski definition) is 5. The molecule has 1 aromatic rings. The molecule has 0 radical (unpaired) electrons. The first-order chi connectivity index (χ1) is 9.52. The van der Waals surface area contributed by atoms with Gasteiger partial charge in [0.2, 0.25) is 0 Å². The lowest BCUT2D eigenvalue weighted by Crippen LogP contribution is -2.27. The standard InChI is InChI=1S/C13H17N3O4/c1-8-10(5-6-20-8)15-11-7-9(13(17)14-2)3-4-12(11)16(18)19/h3-4,7-8,10,15H,5-6H2,1-2H3,(H,14,17). The van der Waals surface area contributed by atoms with Crippen LogP contribution < -0.4 is 10.6 Å². The van der Waals surface area contributed by atoms with Gasteiger partial charge in [-0.25, -0.2) is 0 Å². The normalized spacial score (nSPS) is 21.5. The number of nitro groups is 1. The van der Waals surface area contributed by atoms with Gasteiger partial charge in [-0.05, 0) is 25.5 Å². The van der Waals surface area contributed by atoms with Crippen LogP contribution in [0.4, 0.5) is 11.4 Å². The Hall–Kier alpha value is -2.15. The Morgan fingerprint density at radius 3 is 2.80 bits per heavy atom. The molecule has 2 N–H and O–H groups in total. The first-order valence-electron chi connectivity index (χ1n) is 6.41. The van der Waals surface area contributed by atoms with Crippen molar-refractivity contribution in [1.82, 2.24) is 5.32 Å². The highest BCUT2D eigenvalue weighted by molar-refractivity contribution is 5.95. The van der Waals surface area contributed by atoms with Crippen molar-refractivity contribution < 1.29 is 14.5 Å². The highest BCUT2D eigenvalue weighted by Crippen LogP contribution is 2.28. The molecule has 1 aliphatic rings. The number of hydrogen-bond donors (Lipinski definition) is 2. The monoisotopic (exact) mass is 279 g/mol. The number of rotatable bonds is 4. The van der Waals surface area contributed by atoms with Gasteiger partial charge in [0.05, 0.1) is 17.1 Å². The summed E-state index contributed by atoms with van der Waals surface area (Å²) in [7, 11) is 1.52. The number of carbonyl (C=O) groups is 1. The predicted octanol–water partition coefficient (Wildman–Crippen LogP) is 1.54. The van der Waals surface area contributed by atoms with Crippen LogP contribution in [0, 0.1) is 10.1 Å². The largest absolute Gasteiger partial charge is 0.376 e. The molecule has 1 heterocycles. The average molecular weight is 279 g/mol. The fourth-order valence-corrected chi connectivity index (χ4v) is 2.22. The second-order valence-electron chi connectivity index (χ2n) is 4.68. The van der Waals surface area contributed by atoms with Crippen molar-refractivity contribution >= 4 is 17.3 Å². The van der Waals surface area contributed by atoms with E-state index < -0.39 is 4.92 Å². The minimum Gasteiger partial charge on any atom is -0.376 e. The van der Waals surface area contributed by atoms with E-state index in [1.54, 1.807) is 0 Å². The number of nitrogens with one attached hydrogen (secondary N) is 2. The van der Waals surface area contributed by atoms with E-state index in [4.69, 9.17) is 4.74 Å². The smallest absolute Gasteiger partial charge is 0.292 e. The molecule has 1 aromatic carbocycles. The summed E-state index contributed by atoms with van der Waals surface area (Å²) in [5.41, 5.74) is 0.683. The van der Waals surface area contributed by atoms with Crippen LogP contribution in [0.2, 0.25) is 0 Å². The summed E-state index contributed by atoms with van der Waals surface area (Å²) in [6, 6.07) is 4.29. The molecule has 2 rings (SSSR count). The molecule has 1 aliphatic heterocycles. The Labute approximate surface area is 116 Å². The summed E-state index contributed by atoms with van der Waals surface area (Å²) in [6.07, 6.45) is 0.765. The number of anilines is 1. The van der Waals surface area contributed by atoms with Crippen LogP contribution in [0.1, 0.15) is 23.7 Å². The summed E-state index contributed by atoms with van der Waals surface area (Å²) in [5.74, 6) is -0.279. The van der Waals surface area contributed by atoms with Gasteiger partial charge in [0.1, 0.15) is 5.69 Å². The summed E-state index contributed by atoms with van der Waals surface area (Å²) >= 11 is 0. The molecule has 2 unspecified atom stereocenters. The van der Waals surface area contributed by atoms with E-state index in [0.717, 1.165) is 6.42 Å². The average Bonchev–Trinajstić information content (AvgIpc) is 2.83. The van der Waals surface area contributed by atoms with Gasteiger partial charge in [-0.2, -0.15) is 0 Å². The van der Waals surface area contributed by atoms with Crippen molar-refractivity contribution in [3.63, 3.8) is 0 Å². The van der Waals surface area contributed by atoms with Gasteiger partial charge in [0.15, 0.2) is 0 Å². The maximum absolute atomic E-state index is 11.6. The fourth-order valence-electron chi connectivity index (χ4n) is 2.22. The van der Waals surface area contributed by atoms with Crippen molar-refractivity contribution in [1.29, 1.82) is 0 Å². The molecule has 0 aromatic heterocycles. The summed E-state index contributed by atoms with van der Waals surface area (Å²) < 4.78 is 5.43. The second-order valence-corrected chi connectivity index (χ2v) is 4.68. The van der Waals surface area contributed by atoms with Gasteiger partial charge < -0.3 is 15.4 Å². The molecule has 2 atom stereocenters. The third kappa shape index (κ3) is 2.88. The molecule has 7 heteroatoms. The van der Waals surface area contributed by atoms with Crippen LogP contribution >= 0.6 is 0 Å². The Morgan fingerprint density at radius 1 is 1.50 bits per heavy atom. The number of ether oxygens (including phenoxy) is 1. The number of nitrogens with zero attached hydrogens (tertiary/aromatic N) is 1. The lowest BCUT2D eigenvalue weighted by Gasteiger charge is -2.17. The molecule has 1 amide bonds. The van der Waals surface area contributed by atoms with E-state index in [1.807, 2.05) is 6.92 Å². The van der Waals surface area contributed by atoms with Crippen LogP contribution in [0.3, 0.4) is 0 Å². The lowest BCUT2D eigenvalue weighted by atomic mass is 10.1. The van der Waals surface area contributed by atoms with Crippen LogP contribution in [-0.2, 0) is 4.74 Å². The molecular formula is C13H17N3O4. The highest BCUT2D eigenvalue weighted by Gasteiger charge is 2.27. The van der Waals surface area contributed by atoms with E-state index in [1.165, 1.54) is 25.2 Å². The van der Waals surface area contributed by atoms with E-state index in [9.17, 15) is 14.9 Å². The van der Waals surface area contributed by atoms with Crippen molar-refractivity contribution in [3.8, 4) is 0 Å². The lowest BCUT2D eigenvalue weighted by molar-refractivity contribution is -0.384. The number of carbonyl (C=O) groups excluding carboxylic acids is 1. The third-order valence-corrected chi connectivity index (χ3v) is 3.40. The van der Waals surface area contributed by atoms with Crippen molar-refractivity contribution in [2.24, 2.45) is 0 Å². The topological polar surface area (TPSA) is 93.5 Å². The second kappa shape index (κ2) is 5.87. The van der Waals surface area contributed by atoms with E-state index in [0.29, 0.717) is 17.9 Å². The first kappa shape index (κ1) is 14.3. The molecule has 0 bridgehead atoms. The molecule has 0 saturated carbocycles. The van der Waals surface area contributed by atoms with Crippen LogP contribution in [0.15, 0.2) is 18.2 Å². The number of nitro benzene ring substituents is 1. The molecule has 20 heavy (non-hydrogen) atoms. The molecule has 7 nitrogen and oxygen atoms in total. The zero-order valence-electron chi connectivity index (χ0n) is 11.4. The third-order valence-electron chi connectivity index (χ3n) is 3.40. The van der Waals surface area contributed by atoms with E-state index in [2.05, 4.69) is 10.6 Å². The minimum absolute atomic E-state index is 0.00800. The van der Waals surface area contributed by atoms with Gasteiger partial charge in [-0.1, -0.05) is 0 Å². The van der Waals surface area contributed by atoms with Crippen LogP contribution in [0.25, 0.3) is 0 Å². The molecule has 0 spiro atoms. The van der Waals surface area contributed by atoms with E-state index in [-0.39, 0.29) is 23.7 Å². The fraction of sp³-hybridized carbons (Fsp3) is 0.462. The minimum atomic E-state index is -0.462. The van der Waals surface area contributed by atoms with Crippen molar-refractivity contribution in [3.05, 3.63) is 33.9 Å². The maximum Gasteiger partial charge on any atom is 0.292 e. The number of benzene rings is 1. The molecule has 0 aliphatic carbocycles. The summed E-state index contributed by atoms with van der Waals surface area (Å²) in [4.78, 5) is 22.2.